The Labute approximate surface area is 120 Å². The highest BCUT2D eigenvalue weighted by molar-refractivity contribution is 5.49. The lowest BCUT2D eigenvalue weighted by Gasteiger charge is -2.46. The minimum Gasteiger partial charge on any atom is -0.366 e. The maximum absolute atomic E-state index is 13.5. The van der Waals surface area contributed by atoms with Gasteiger partial charge in [0.15, 0.2) is 11.6 Å². The monoisotopic (exact) mass is 282 g/mol. The molecule has 1 aliphatic rings. The molecule has 1 aromatic carbocycles. The molecule has 0 aliphatic carbocycles. The van der Waals surface area contributed by atoms with Crippen molar-refractivity contribution in [2.45, 2.75) is 46.2 Å². The van der Waals surface area contributed by atoms with Gasteiger partial charge in [-0.25, -0.2) is 8.78 Å². The van der Waals surface area contributed by atoms with E-state index in [1.165, 1.54) is 12.1 Å². The van der Waals surface area contributed by atoms with Gasteiger partial charge >= 0.3 is 0 Å². The minimum absolute atomic E-state index is 0.134. The molecule has 0 spiro atoms. The molecule has 0 amide bonds. The lowest BCUT2D eigenvalue weighted by atomic mass is 9.84. The molecule has 1 aromatic rings. The number of halogens is 2. The first kappa shape index (κ1) is 15.2. The van der Waals surface area contributed by atoms with Gasteiger partial charge in [0.05, 0.1) is 0 Å². The molecule has 2 atom stereocenters. The van der Waals surface area contributed by atoms with Crippen molar-refractivity contribution < 1.29 is 8.78 Å². The second-order valence-corrected chi connectivity index (χ2v) is 6.64. The van der Waals surface area contributed by atoms with Crippen LogP contribution in [-0.4, -0.2) is 25.2 Å². The number of anilines is 1. The number of benzene rings is 1. The van der Waals surface area contributed by atoms with Crippen LogP contribution in [0.25, 0.3) is 0 Å². The second-order valence-electron chi connectivity index (χ2n) is 6.64. The van der Waals surface area contributed by atoms with E-state index >= 15 is 0 Å². The van der Waals surface area contributed by atoms with E-state index < -0.39 is 11.6 Å². The maximum Gasteiger partial charge on any atom is 0.160 e. The Morgan fingerprint density at radius 2 is 1.95 bits per heavy atom. The van der Waals surface area contributed by atoms with Gasteiger partial charge in [-0.05, 0) is 24.0 Å². The van der Waals surface area contributed by atoms with Crippen LogP contribution in [0.15, 0.2) is 18.2 Å². The van der Waals surface area contributed by atoms with E-state index in [1.54, 1.807) is 6.07 Å². The predicted octanol–water partition coefficient (Wildman–Crippen LogP) is 3.57. The summed E-state index contributed by atoms with van der Waals surface area (Å²) >= 11 is 0. The van der Waals surface area contributed by atoms with Crippen LogP contribution in [0.5, 0.6) is 0 Å². The van der Waals surface area contributed by atoms with Gasteiger partial charge in [0.2, 0.25) is 0 Å². The molecule has 2 nitrogen and oxygen atoms in total. The highest BCUT2D eigenvalue weighted by atomic mass is 19.2. The van der Waals surface area contributed by atoms with Gasteiger partial charge < -0.3 is 10.2 Å². The van der Waals surface area contributed by atoms with Crippen molar-refractivity contribution in [2.75, 3.05) is 18.0 Å². The van der Waals surface area contributed by atoms with Crippen molar-refractivity contribution in [3.8, 4) is 0 Å². The fourth-order valence-electron chi connectivity index (χ4n) is 2.72. The van der Waals surface area contributed by atoms with Crippen LogP contribution >= 0.6 is 0 Å². The van der Waals surface area contributed by atoms with Crippen LogP contribution in [0.3, 0.4) is 0 Å². The van der Waals surface area contributed by atoms with E-state index in [-0.39, 0.29) is 5.41 Å². The molecule has 0 saturated carbocycles. The quantitative estimate of drug-likeness (QED) is 0.892. The Balaban J connectivity index is 2.27. The molecule has 1 aliphatic heterocycles. The van der Waals surface area contributed by atoms with E-state index in [0.29, 0.717) is 12.1 Å². The molecule has 112 valence electrons. The lowest BCUT2D eigenvalue weighted by molar-refractivity contribution is 0.233. The molecule has 0 bridgehead atoms. The van der Waals surface area contributed by atoms with Crippen LogP contribution in [0.4, 0.5) is 14.5 Å². The zero-order valence-electron chi connectivity index (χ0n) is 12.7. The summed E-state index contributed by atoms with van der Waals surface area (Å²) in [6, 6.07) is 4.84. The van der Waals surface area contributed by atoms with Gasteiger partial charge in [-0.1, -0.05) is 27.7 Å². The minimum atomic E-state index is -0.788. The Bertz CT molecular complexity index is 468. The number of hydrogen-bond donors (Lipinski definition) is 1. The van der Waals surface area contributed by atoms with Crippen LogP contribution in [0, 0.1) is 17.0 Å². The van der Waals surface area contributed by atoms with Crippen molar-refractivity contribution in [1.29, 1.82) is 0 Å². The third-order valence-corrected chi connectivity index (χ3v) is 4.17. The molecule has 0 radical (unpaired) electrons. The van der Waals surface area contributed by atoms with Gasteiger partial charge in [0.1, 0.15) is 0 Å². The van der Waals surface area contributed by atoms with E-state index in [4.69, 9.17) is 0 Å². The topological polar surface area (TPSA) is 15.3 Å². The van der Waals surface area contributed by atoms with E-state index in [9.17, 15) is 8.78 Å². The third-order valence-electron chi connectivity index (χ3n) is 4.17. The van der Waals surface area contributed by atoms with Crippen molar-refractivity contribution in [2.24, 2.45) is 5.41 Å². The standard InChI is InChI=1S/C16H24F2N2/c1-5-11-9-19-15(16(2,3)4)10-20(11)12-6-7-13(17)14(18)8-12/h6-8,11,15,19H,5,9-10H2,1-4H3. The van der Waals surface area contributed by atoms with Crippen molar-refractivity contribution in [3.05, 3.63) is 29.8 Å². The van der Waals surface area contributed by atoms with Gasteiger partial charge in [-0.3, -0.25) is 0 Å². The Morgan fingerprint density at radius 3 is 2.50 bits per heavy atom. The first-order chi connectivity index (χ1) is 9.32. The molecule has 2 unspecified atom stereocenters. The van der Waals surface area contributed by atoms with Crippen LogP contribution in [-0.2, 0) is 0 Å². The molecule has 1 heterocycles. The number of piperazine rings is 1. The second kappa shape index (κ2) is 5.68. The summed E-state index contributed by atoms with van der Waals surface area (Å²) in [7, 11) is 0. The molecule has 1 N–H and O–H groups in total. The number of rotatable bonds is 2. The van der Waals surface area contributed by atoms with Crippen LogP contribution in [0.2, 0.25) is 0 Å². The number of hydrogen-bond acceptors (Lipinski definition) is 2. The van der Waals surface area contributed by atoms with Crippen LogP contribution in [0.1, 0.15) is 34.1 Å². The average molecular weight is 282 g/mol. The van der Waals surface area contributed by atoms with E-state index in [0.717, 1.165) is 25.2 Å². The highest BCUT2D eigenvalue weighted by Crippen LogP contribution is 2.28. The SMILES string of the molecule is CCC1CNC(C(C)(C)C)CN1c1ccc(F)c(F)c1. The first-order valence-corrected chi connectivity index (χ1v) is 7.28. The lowest BCUT2D eigenvalue weighted by Crippen LogP contribution is -2.60. The average Bonchev–Trinajstić information content (AvgIpc) is 2.40. The van der Waals surface area contributed by atoms with Gasteiger partial charge in [-0.15, -0.1) is 0 Å². The molecule has 0 aromatic heterocycles. The molecular formula is C16H24F2N2. The highest BCUT2D eigenvalue weighted by Gasteiger charge is 2.33. The smallest absolute Gasteiger partial charge is 0.160 e. The maximum atomic E-state index is 13.5. The largest absolute Gasteiger partial charge is 0.366 e. The summed E-state index contributed by atoms with van der Waals surface area (Å²) in [5, 5.41) is 3.58. The van der Waals surface area contributed by atoms with Crippen molar-refractivity contribution >= 4 is 5.69 Å². The molecule has 20 heavy (non-hydrogen) atoms. The van der Waals surface area contributed by atoms with E-state index in [1.807, 2.05) is 0 Å². The predicted molar refractivity (Wildman–Crippen MR) is 79.0 cm³/mol. The summed E-state index contributed by atoms with van der Waals surface area (Å²) < 4.78 is 26.6. The zero-order chi connectivity index (χ0) is 14.9. The number of nitrogens with zero attached hydrogens (tertiary/aromatic N) is 1. The zero-order valence-corrected chi connectivity index (χ0v) is 12.7. The van der Waals surface area contributed by atoms with Crippen molar-refractivity contribution in [3.63, 3.8) is 0 Å². The fourth-order valence-corrected chi connectivity index (χ4v) is 2.72. The summed E-state index contributed by atoms with van der Waals surface area (Å²) in [6.45, 7) is 10.4. The molecule has 1 fully saturated rings. The van der Waals surface area contributed by atoms with Gasteiger partial charge in [0.25, 0.3) is 0 Å². The van der Waals surface area contributed by atoms with Gasteiger partial charge in [0, 0.05) is 36.9 Å². The Morgan fingerprint density at radius 1 is 1.25 bits per heavy atom. The summed E-state index contributed by atoms with van der Waals surface area (Å²) in [5.74, 6) is -1.56. The molecule has 4 heteroatoms. The molecule has 1 saturated heterocycles. The van der Waals surface area contributed by atoms with Crippen molar-refractivity contribution in [1.82, 2.24) is 5.32 Å². The normalized spacial score (nSPS) is 24.0. The third kappa shape index (κ3) is 3.11. The molecule has 2 rings (SSSR count). The van der Waals surface area contributed by atoms with Gasteiger partial charge in [-0.2, -0.15) is 0 Å². The van der Waals surface area contributed by atoms with E-state index in [2.05, 4.69) is 37.9 Å². The summed E-state index contributed by atoms with van der Waals surface area (Å²) in [4.78, 5) is 2.20. The summed E-state index contributed by atoms with van der Waals surface area (Å²) in [6.07, 6.45) is 0.975. The first-order valence-electron chi connectivity index (χ1n) is 7.28. The summed E-state index contributed by atoms with van der Waals surface area (Å²) in [5.41, 5.74) is 0.904. The Kier molecular flexibility index (Phi) is 4.33. The van der Waals surface area contributed by atoms with Crippen LogP contribution < -0.4 is 10.2 Å². The Hall–Kier alpha value is -1.16. The molecular weight excluding hydrogens is 258 g/mol. The fraction of sp³-hybridized carbons (Fsp3) is 0.625. The number of nitrogens with one attached hydrogen (secondary N) is 1.